The fourth-order valence-corrected chi connectivity index (χ4v) is 3.32. The zero-order valence-corrected chi connectivity index (χ0v) is 15.4. The monoisotopic (exact) mass is 438 g/mol. The van der Waals surface area contributed by atoms with E-state index in [2.05, 4.69) is 5.32 Å². The second-order valence-corrected chi connectivity index (χ2v) is 7.19. The predicted molar refractivity (Wildman–Crippen MR) is 96.3 cm³/mol. The summed E-state index contributed by atoms with van der Waals surface area (Å²) in [7, 11) is 0. The number of allylic oxidation sites excluding steroid dienone is 1. The fraction of sp³-hybridized carbons (Fsp3) is 0.0526. The van der Waals surface area contributed by atoms with Gasteiger partial charge in [-0.05, 0) is 0 Å². The minimum absolute atomic E-state index is 0.0750. The Kier molecular flexibility index (Phi) is 6.83. The van der Waals surface area contributed by atoms with Gasteiger partial charge >= 0.3 is 159 Å². The first-order valence-corrected chi connectivity index (χ1v) is 9.36. The maximum atomic E-state index is 12.5. The summed E-state index contributed by atoms with van der Waals surface area (Å²) in [5, 5.41) is 21.3. The van der Waals surface area contributed by atoms with Gasteiger partial charge in [0.1, 0.15) is 0 Å². The van der Waals surface area contributed by atoms with Crippen molar-refractivity contribution >= 4 is 31.0 Å². The molecule has 2 aromatic rings. The molecule has 0 fully saturated rings. The number of halogens is 3. The molecule has 2 N–H and O–H groups in total. The zero-order chi connectivity index (χ0) is 19.9. The SMILES string of the molecule is N#CC(C(=O)Nc1ccc(C(F)(F)F)cc1)=C(O)C=C[Se]c1ccccc1. The molecule has 2 rings (SSSR count). The molecule has 8 heteroatoms. The number of carbonyl (C=O) groups is 1. The summed E-state index contributed by atoms with van der Waals surface area (Å²) in [4.78, 5) is 13.8. The number of benzene rings is 2. The van der Waals surface area contributed by atoms with Crippen LogP contribution >= 0.6 is 0 Å². The van der Waals surface area contributed by atoms with Crippen molar-refractivity contribution in [3.05, 3.63) is 82.5 Å². The van der Waals surface area contributed by atoms with Crippen LogP contribution < -0.4 is 9.78 Å². The van der Waals surface area contributed by atoms with Gasteiger partial charge in [-0.25, -0.2) is 0 Å². The summed E-state index contributed by atoms with van der Waals surface area (Å²) in [5.74, 6) is -1.42. The Morgan fingerprint density at radius 2 is 1.74 bits per heavy atom. The van der Waals surface area contributed by atoms with Crippen molar-refractivity contribution in [3.8, 4) is 6.07 Å². The van der Waals surface area contributed by atoms with E-state index in [1.807, 2.05) is 30.3 Å². The molecule has 0 spiro atoms. The summed E-state index contributed by atoms with van der Waals surface area (Å²) in [6.45, 7) is 0. The Labute approximate surface area is 159 Å². The molecule has 0 aromatic heterocycles. The Morgan fingerprint density at radius 3 is 2.30 bits per heavy atom. The zero-order valence-electron chi connectivity index (χ0n) is 13.7. The number of nitrogens with one attached hydrogen (secondary N) is 1. The van der Waals surface area contributed by atoms with Crippen LogP contribution in [-0.2, 0) is 11.0 Å². The first-order chi connectivity index (χ1) is 12.8. The van der Waals surface area contributed by atoms with Crippen LogP contribution in [0, 0.1) is 11.3 Å². The van der Waals surface area contributed by atoms with Crippen LogP contribution in [0.25, 0.3) is 0 Å². The minimum atomic E-state index is -4.48. The number of alkyl halides is 3. The summed E-state index contributed by atoms with van der Waals surface area (Å²) in [6.07, 6.45) is -3.22. The first-order valence-electron chi connectivity index (χ1n) is 7.51. The normalized spacial score (nSPS) is 12.4. The van der Waals surface area contributed by atoms with E-state index in [9.17, 15) is 23.1 Å². The number of hydrogen-bond donors (Lipinski definition) is 2. The molecular formula is C19H13F3N2O2Se. The van der Waals surface area contributed by atoms with Crippen molar-refractivity contribution in [2.45, 2.75) is 6.18 Å². The van der Waals surface area contributed by atoms with Crippen molar-refractivity contribution in [1.29, 1.82) is 5.26 Å². The van der Waals surface area contributed by atoms with Crippen LogP contribution in [0.1, 0.15) is 5.56 Å². The molecule has 0 aliphatic rings. The van der Waals surface area contributed by atoms with Crippen molar-refractivity contribution in [3.63, 3.8) is 0 Å². The van der Waals surface area contributed by atoms with Gasteiger partial charge in [0.2, 0.25) is 0 Å². The van der Waals surface area contributed by atoms with Crippen LogP contribution in [0.4, 0.5) is 18.9 Å². The average Bonchev–Trinajstić information content (AvgIpc) is 2.63. The van der Waals surface area contributed by atoms with Crippen molar-refractivity contribution in [1.82, 2.24) is 0 Å². The number of aliphatic hydroxyl groups is 1. The number of carbonyl (C=O) groups excluding carboxylic acids is 1. The van der Waals surface area contributed by atoms with Crippen LogP contribution in [0.3, 0.4) is 0 Å². The van der Waals surface area contributed by atoms with Crippen molar-refractivity contribution in [2.75, 3.05) is 5.32 Å². The van der Waals surface area contributed by atoms with E-state index < -0.39 is 29.0 Å². The van der Waals surface area contributed by atoms with Gasteiger partial charge in [-0.15, -0.1) is 0 Å². The number of nitriles is 1. The van der Waals surface area contributed by atoms with E-state index in [1.54, 1.807) is 11.0 Å². The van der Waals surface area contributed by atoms with Gasteiger partial charge in [-0.1, -0.05) is 0 Å². The number of anilines is 1. The van der Waals surface area contributed by atoms with Gasteiger partial charge in [0, 0.05) is 0 Å². The topological polar surface area (TPSA) is 73.1 Å². The molecular weight excluding hydrogens is 424 g/mol. The summed E-state index contributed by atoms with van der Waals surface area (Å²) >= 11 is -0.0975. The fourth-order valence-electron chi connectivity index (χ4n) is 1.92. The van der Waals surface area contributed by atoms with Gasteiger partial charge in [0.05, 0.1) is 0 Å². The van der Waals surface area contributed by atoms with Crippen molar-refractivity contribution < 1.29 is 23.1 Å². The molecule has 138 valence electrons. The molecule has 0 aliphatic carbocycles. The van der Waals surface area contributed by atoms with E-state index in [-0.39, 0.29) is 20.6 Å². The number of hydrogen-bond acceptors (Lipinski definition) is 3. The maximum absolute atomic E-state index is 12.5. The van der Waals surface area contributed by atoms with E-state index in [1.165, 1.54) is 6.08 Å². The Bertz CT molecular complexity index is 899. The Balaban J connectivity index is 2.07. The quantitative estimate of drug-likeness (QED) is 0.247. The molecule has 4 nitrogen and oxygen atoms in total. The molecule has 27 heavy (non-hydrogen) atoms. The third-order valence-electron chi connectivity index (χ3n) is 3.24. The first kappa shape index (κ1) is 20.3. The molecule has 0 bridgehead atoms. The van der Waals surface area contributed by atoms with Crippen molar-refractivity contribution in [2.24, 2.45) is 0 Å². The van der Waals surface area contributed by atoms with Gasteiger partial charge in [0.15, 0.2) is 0 Å². The van der Waals surface area contributed by atoms with Gasteiger partial charge < -0.3 is 0 Å². The number of nitrogens with zero attached hydrogens (tertiary/aromatic N) is 1. The summed E-state index contributed by atoms with van der Waals surface area (Å²) in [5.41, 5.74) is -1.31. The van der Waals surface area contributed by atoms with Gasteiger partial charge in [0.25, 0.3) is 0 Å². The number of rotatable bonds is 5. The van der Waals surface area contributed by atoms with Gasteiger partial charge in [-0.3, -0.25) is 0 Å². The second-order valence-electron chi connectivity index (χ2n) is 5.13. The molecule has 0 saturated carbocycles. The molecule has 0 radical (unpaired) electrons. The third kappa shape index (κ3) is 6.03. The summed E-state index contributed by atoms with van der Waals surface area (Å²) < 4.78 is 38.6. The molecule has 0 atom stereocenters. The van der Waals surface area contributed by atoms with Gasteiger partial charge in [-0.2, -0.15) is 0 Å². The third-order valence-corrected chi connectivity index (χ3v) is 4.95. The molecule has 0 unspecified atom stereocenters. The molecule has 1 amide bonds. The Morgan fingerprint density at radius 1 is 1.11 bits per heavy atom. The van der Waals surface area contributed by atoms with Crippen LogP contribution in [0.2, 0.25) is 0 Å². The Hall–Kier alpha value is -3.01. The molecule has 0 saturated heterocycles. The molecule has 0 heterocycles. The van der Waals surface area contributed by atoms with E-state index >= 15 is 0 Å². The molecule has 2 aromatic carbocycles. The van der Waals surface area contributed by atoms with Crippen LogP contribution in [0.5, 0.6) is 0 Å². The predicted octanol–water partition coefficient (Wildman–Crippen LogP) is 3.52. The second kappa shape index (κ2) is 9.08. The standard InChI is InChI=1S/C19H13F3N2O2Se/c20-19(21,22)13-6-8-14(9-7-13)24-18(26)16(12-23)17(25)10-11-27-15-4-2-1-3-5-15/h1-11,25H,(H,24,26). The van der Waals surface area contributed by atoms with E-state index in [0.717, 1.165) is 28.7 Å². The average molecular weight is 437 g/mol. The van der Waals surface area contributed by atoms with Crippen LogP contribution in [0.15, 0.2) is 77.0 Å². The van der Waals surface area contributed by atoms with E-state index in [4.69, 9.17) is 5.26 Å². The number of amides is 1. The summed E-state index contributed by atoms with van der Waals surface area (Å²) in [6, 6.07) is 14.8. The molecule has 0 aliphatic heterocycles. The van der Waals surface area contributed by atoms with Crippen LogP contribution in [-0.4, -0.2) is 26.0 Å². The number of aliphatic hydroxyl groups excluding tert-OH is 1. The van der Waals surface area contributed by atoms with E-state index in [0.29, 0.717) is 0 Å².